The lowest BCUT2D eigenvalue weighted by Gasteiger charge is -2.04. The molecule has 2 N–H and O–H groups in total. The second kappa shape index (κ2) is 3.64. The third kappa shape index (κ3) is 1.65. The highest BCUT2D eigenvalue weighted by atomic mass is 19.1. The fourth-order valence-corrected chi connectivity index (χ4v) is 1.33. The van der Waals surface area contributed by atoms with E-state index in [-0.39, 0.29) is 5.82 Å². The summed E-state index contributed by atoms with van der Waals surface area (Å²) in [7, 11) is 0. The van der Waals surface area contributed by atoms with Gasteiger partial charge in [0.1, 0.15) is 5.82 Å². The summed E-state index contributed by atoms with van der Waals surface area (Å²) in [6.07, 6.45) is 0. The van der Waals surface area contributed by atoms with Crippen molar-refractivity contribution < 1.29 is 4.39 Å². The van der Waals surface area contributed by atoms with Gasteiger partial charge in [-0.25, -0.2) is 9.07 Å². The molecule has 0 fully saturated rings. The molecule has 1 heterocycles. The zero-order valence-corrected chi connectivity index (χ0v) is 8.18. The first kappa shape index (κ1) is 9.57. The van der Waals surface area contributed by atoms with Crippen LogP contribution in [0.1, 0.15) is 6.92 Å². The van der Waals surface area contributed by atoms with Gasteiger partial charge in [-0.15, -0.1) is 5.10 Å². The molecule has 2 rings (SSSR count). The van der Waals surface area contributed by atoms with Crippen LogP contribution in [0, 0.1) is 5.82 Å². The molecule has 2 aromatic rings. The number of nitrogens with zero attached hydrogens (tertiary/aromatic N) is 4. The third-order valence-corrected chi connectivity index (χ3v) is 2.09. The maximum absolute atomic E-state index is 13.0. The standard InChI is InChI=1S/C9H10FN5/c1-2-15-9(12-13-14-15)7-5-6(10)3-4-8(7)11/h3-5H,2,11H2,1H3. The molecule has 1 aromatic carbocycles. The fraction of sp³-hybridized carbons (Fsp3) is 0.222. The van der Waals surface area contributed by atoms with Gasteiger partial charge in [0.05, 0.1) is 0 Å². The number of nitrogens with two attached hydrogens (primary N) is 1. The molecule has 0 atom stereocenters. The minimum atomic E-state index is -0.357. The summed E-state index contributed by atoms with van der Waals surface area (Å²) in [5.41, 5.74) is 6.70. The third-order valence-electron chi connectivity index (χ3n) is 2.09. The van der Waals surface area contributed by atoms with Crippen molar-refractivity contribution in [3.8, 4) is 11.4 Å². The Morgan fingerprint density at radius 3 is 3.00 bits per heavy atom. The first-order valence-corrected chi connectivity index (χ1v) is 4.54. The molecule has 15 heavy (non-hydrogen) atoms. The number of hydrogen-bond acceptors (Lipinski definition) is 4. The highest BCUT2D eigenvalue weighted by Crippen LogP contribution is 2.23. The molecular formula is C9H10FN5. The van der Waals surface area contributed by atoms with Crippen molar-refractivity contribution in [2.45, 2.75) is 13.5 Å². The number of aryl methyl sites for hydroxylation is 1. The molecule has 0 bridgehead atoms. The molecule has 0 aliphatic carbocycles. The lowest BCUT2D eigenvalue weighted by molar-refractivity contribution is 0.623. The van der Waals surface area contributed by atoms with Crippen LogP contribution in [-0.4, -0.2) is 20.2 Å². The summed E-state index contributed by atoms with van der Waals surface area (Å²) in [5.74, 6) is 0.124. The Kier molecular flexibility index (Phi) is 2.32. The summed E-state index contributed by atoms with van der Waals surface area (Å²) < 4.78 is 14.6. The molecule has 78 valence electrons. The zero-order valence-electron chi connectivity index (χ0n) is 8.18. The van der Waals surface area contributed by atoms with Crippen LogP contribution in [0.3, 0.4) is 0 Å². The molecule has 0 amide bonds. The normalized spacial score (nSPS) is 10.5. The molecule has 6 heteroatoms. The van der Waals surface area contributed by atoms with E-state index in [1.54, 1.807) is 4.68 Å². The van der Waals surface area contributed by atoms with E-state index in [2.05, 4.69) is 15.5 Å². The Labute approximate surface area is 85.7 Å². The van der Waals surface area contributed by atoms with Gasteiger partial charge in [-0.1, -0.05) is 0 Å². The average molecular weight is 207 g/mol. The van der Waals surface area contributed by atoms with Crippen LogP contribution in [0.5, 0.6) is 0 Å². The minimum Gasteiger partial charge on any atom is -0.398 e. The predicted octanol–water partition coefficient (Wildman–Crippen LogP) is 1.08. The molecule has 0 unspecified atom stereocenters. The van der Waals surface area contributed by atoms with Crippen LogP contribution in [0.2, 0.25) is 0 Å². The summed E-state index contributed by atoms with van der Waals surface area (Å²) in [4.78, 5) is 0. The largest absolute Gasteiger partial charge is 0.398 e. The summed E-state index contributed by atoms with van der Waals surface area (Å²) >= 11 is 0. The van der Waals surface area contributed by atoms with Gasteiger partial charge >= 0.3 is 0 Å². The predicted molar refractivity (Wildman–Crippen MR) is 53.3 cm³/mol. The summed E-state index contributed by atoms with van der Waals surface area (Å²) in [6.45, 7) is 2.51. The smallest absolute Gasteiger partial charge is 0.184 e. The average Bonchev–Trinajstić information content (AvgIpc) is 2.69. The van der Waals surface area contributed by atoms with Gasteiger partial charge in [0.15, 0.2) is 5.82 Å². The number of aromatic nitrogens is 4. The topological polar surface area (TPSA) is 69.6 Å². The lowest BCUT2D eigenvalue weighted by atomic mass is 10.1. The Morgan fingerprint density at radius 1 is 1.47 bits per heavy atom. The van der Waals surface area contributed by atoms with Crippen LogP contribution in [0.4, 0.5) is 10.1 Å². The van der Waals surface area contributed by atoms with E-state index in [0.717, 1.165) is 0 Å². The van der Waals surface area contributed by atoms with Crippen molar-refractivity contribution >= 4 is 5.69 Å². The Balaban J connectivity index is 2.58. The van der Waals surface area contributed by atoms with E-state index in [9.17, 15) is 4.39 Å². The maximum Gasteiger partial charge on any atom is 0.184 e. The minimum absolute atomic E-state index is 0.357. The second-order valence-corrected chi connectivity index (χ2v) is 3.05. The van der Waals surface area contributed by atoms with Crippen LogP contribution in [0.15, 0.2) is 18.2 Å². The number of hydrogen-bond donors (Lipinski definition) is 1. The molecule has 5 nitrogen and oxygen atoms in total. The Bertz CT molecular complexity index is 479. The van der Waals surface area contributed by atoms with Gasteiger partial charge in [-0.05, 0) is 35.5 Å². The van der Waals surface area contributed by atoms with Crippen LogP contribution < -0.4 is 5.73 Å². The van der Waals surface area contributed by atoms with Crippen molar-refractivity contribution in [1.29, 1.82) is 0 Å². The maximum atomic E-state index is 13.0. The molecule has 0 spiro atoms. The quantitative estimate of drug-likeness (QED) is 0.748. The Hall–Kier alpha value is -1.98. The summed E-state index contributed by atoms with van der Waals surface area (Å²) in [6, 6.07) is 4.13. The van der Waals surface area contributed by atoms with Gasteiger partial charge in [0.2, 0.25) is 0 Å². The number of nitrogen functional groups attached to an aromatic ring is 1. The first-order valence-electron chi connectivity index (χ1n) is 4.54. The molecule has 1 aromatic heterocycles. The van der Waals surface area contributed by atoms with E-state index >= 15 is 0 Å². The van der Waals surface area contributed by atoms with Gasteiger partial charge in [-0.2, -0.15) is 0 Å². The van der Waals surface area contributed by atoms with Gasteiger partial charge in [0, 0.05) is 17.8 Å². The van der Waals surface area contributed by atoms with Gasteiger partial charge < -0.3 is 5.73 Å². The van der Waals surface area contributed by atoms with Crippen molar-refractivity contribution in [3.63, 3.8) is 0 Å². The molecular weight excluding hydrogens is 197 g/mol. The molecule has 0 radical (unpaired) electrons. The molecule has 0 aliphatic rings. The SMILES string of the molecule is CCn1nnnc1-c1cc(F)ccc1N. The number of halogens is 1. The van der Waals surface area contributed by atoms with E-state index in [4.69, 9.17) is 5.73 Å². The van der Waals surface area contributed by atoms with Crippen molar-refractivity contribution in [1.82, 2.24) is 20.2 Å². The van der Waals surface area contributed by atoms with E-state index in [1.165, 1.54) is 18.2 Å². The highest BCUT2D eigenvalue weighted by molar-refractivity contribution is 5.71. The van der Waals surface area contributed by atoms with Gasteiger partial charge in [0.25, 0.3) is 0 Å². The van der Waals surface area contributed by atoms with Crippen LogP contribution >= 0.6 is 0 Å². The number of tetrazole rings is 1. The molecule has 0 aliphatic heterocycles. The van der Waals surface area contributed by atoms with Gasteiger partial charge in [-0.3, -0.25) is 0 Å². The highest BCUT2D eigenvalue weighted by Gasteiger charge is 2.11. The number of rotatable bonds is 2. The fourth-order valence-electron chi connectivity index (χ4n) is 1.33. The van der Waals surface area contributed by atoms with Crippen LogP contribution in [0.25, 0.3) is 11.4 Å². The monoisotopic (exact) mass is 207 g/mol. The Morgan fingerprint density at radius 2 is 2.27 bits per heavy atom. The molecule has 0 saturated carbocycles. The second-order valence-electron chi connectivity index (χ2n) is 3.05. The van der Waals surface area contributed by atoms with E-state index in [1.807, 2.05) is 6.92 Å². The van der Waals surface area contributed by atoms with Crippen molar-refractivity contribution in [2.75, 3.05) is 5.73 Å². The lowest BCUT2D eigenvalue weighted by Crippen LogP contribution is -2.02. The van der Waals surface area contributed by atoms with E-state index in [0.29, 0.717) is 23.6 Å². The van der Waals surface area contributed by atoms with E-state index < -0.39 is 0 Å². The zero-order chi connectivity index (χ0) is 10.8. The number of benzene rings is 1. The summed E-state index contributed by atoms with van der Waals surface area (Å²) in [5, 5.41) is 11.1. The number of anilines is 1. The first-order chi connectivity index (χ1) is 7.22. The van der Waals surface area contributed by atoms with Crippen molar-refractivity contribution in [3.05, 3.63) is 24.0 Å². The molecule has 0 saturated heterocycles. The van der Waals surface area contributed by atoms with Crippen LogP contribution in [-0.2, 0) is 6.54 Å². The van der Waals surface area contributed by atoms with Crippen molar-refractivity contribution in [2.24, 2.45) is 0 Å².